The predicted octanol–water partition coefficient (Wildman–Crippen LogP) is 16.0. The number of nitriles is 2. The van der Waals surface area contributed by atoms with E-state index in [-0.39, 0.29) is 33.1 Å². The molecule has 0 amide bonds. The van der Waals surface area contributed by atoms with E-state index in [9.17, 15) is 35.2 Å². The smallest absolute Gasteiger partial charge is 0.137 e. The normalized spacial score (nSPS) is 16.6. The summed E-state index contributed by atoms with van der Waals surface area (Å²) in [7, 11) is 0. The Kier molecular flexibility index (Phi) is 4.50. The van der Waals surface area contributed by atoms with Crippen LogP contribution in [0.5, 0.6) is 0 Å². The van der Waals surface area contributed by atoms with Crippen LogP contribution in [0, 0.1) is 29.6 Å². The fourth-order valence-corrected chi connectivity index (χ4v) is 10.5. The molecule has 0 fully saturated rings. The second-order valence-electron chi connectivity index (χ2n) is 16.5. The average Bonchev–Trinajstić information content (AvgIpc) is 1.55. The van der Waals surface area contributed by atoms with E-state index in [2.05, 4.69) is 12.1 Å². The largest absolute Gasteiger partial charge is 0.456 e. The second kappa shape index (κ2) is 14.1. The minimum absolute atomic E-state index is 0.182. The monoisotopic (exact) mass is 915 g/mol. The zero-order valence-electron chi connectivity index (χ0n) is 58.9. The zero-order chi connectivity index (χ0) is 66.4. The highest BCUT2D eigenvalue weighted by atomic mass is 16.3. The number of aryl methyl sites for hydroxylation is 1. The lowest BCUT2D eigenvalue weighted by Crippen LogP contribution is -2.17. The van der Waals surface area contributed by atoms with E-state index in [4.69, 9.17) is 11.3 Å². The van der Waals surface area contributed by atoms with Crippen molar-refractivity contribution in [3.63, 3.8) is 0 Å². The Labute approximate surface area is 431 Å². The minimum atomic E-state index is -0.942. The molecule has 0 N–H and O–H groups in total. The summed E-state index contributed by atoms with van der Waals surface area (Å²) in [6.45, 7) is 1.35. The number of hydrogen-bond donors (Lipinski definition) is 0. The number of aromatic nitrogens is 4. The van der Waals surface area contributed by atoms with Gasteiger partial charge in [0.25, 0.3) is 0 Å². The van der Waals surface area contributed by atoms with Crippen molar-refractivity contribution in [1.29, 1.82) is 10.5 Å². The summed E-state index contributed by atoms with van der Waals surface area (Å²) in [5.74, 6) is 0. The molecule has 0 saturated carbocycles. The Bertz CT molecular complexity index is 5840. The molecule has 15 aromatic rings. The summed E-state index contributed by atoms with van der Waals surface area (Å²) in [5.41, 5.74) is -7.02. The van der Waals surface area contributed by atoms with Crippen LogP contribution in [0.15, 0.2) is 204 Å². The zero-order valence-corrected chi connectivity index (χ0v) is 35.9. The van der Waals surface area contributed by atoms with Crippen molar-refractivity contribution in [2.45, 2.75) is 6.92 Å². The van der Waals surface area contributed by atoms with E-state index in [1.165, 1.54) is 11.5 Å². The van der Waals surface area contributed by atoms with Gasteiger partial charge in [0, 0.05) is 48.5 Å². The van der Waals surface area contributed by atoms with Crippen molar-refractivity contribution < 1.29 is 35.9 Å². The van der Waals surface area contributed by atoms with Gasteiger partial charge in [-0.2, -0.15) is 10.5 Å². The summed E-state index contributed by atoms with van der Waals surface area (Å²) in [6.07, 6.45) is 0. The second-order valence-corrected chi connectivity index (χ2v) is 16.5. The van der Waals surface area contributed by atoms with Gasteiger partial charge in [-0.3, -0.25) is 0 Å². The van der Waals surface area contributed by atoms with Gasteiger partial charge in [-0.25, -0.2) is 0 Å². The third kappa shape index (κ3) is 4.84. The summed E-state index contributed by atoms with van der Waals surface area (Å²) in [5, 5.41) is 24.3. The molecule has 324 valence electrons. The molecule has 7 heteroatoms. The van der Waals surface area contributed by atoms with Crippen LogP contribution in [0.2, 0.25) is 0 Å². The molecule has 0 radical (unpaired) electrons. The van der Waals surface area contributed by atoms with Gasteiger partial charge in [0.1, 0.15) is 34.4 Å². The predicted molar refractivity (Wildman–Crippen MR) is 285 cm³/mol. The first kappa shape index (κ1) is 22.3. The first-order chi connectivity index (χ1) is 44.2. The topological polar surface area (TPSA) is 80.4 Å². The highest BCUT2D eigenvalue weighted by molar-refractivity contribution is 6.25. The Balaban J connectivity index is 1.42. The van der Waals surface area contributed by atoms with Crippen molar-refractivity contribution in [2.75, 3.05) is 0 Å². The Morgan fingerprint density at radius 2 is 0.829 bits per heavy atom. The third-order valence-corrected chi connectivity index (χ3v) is 13.1. The number of nitrogens with zero attached hydrogens (tertiary/aromatic N) is 6. The van der Waals surface area contributed by atoms with Crippen LogP contribution in [0.3, 0.4) is 0 Å². The van der Waals surface area contributed by atoms with E-state index in [0.29, 0.717) is 27.1 Å². The van der Waals surface area contributed by atoms with Gasteiger partial charge in [-0.05, 0) is 67.0 Å². The van der Waals surface area contributed by atoms with E-state index in [1.807, 2.05) is 0 Å². The standard InChI is InChI=1S/C63H36N6O/c1-37-17-16-25-44-42-22-6-13-30-53(42)68(58(37)44)62-48(36-65)59(66-49-26-9-2-18-38(49)39-19-3-10-27-50(39)66)47(35-64)61(67-51-28-11-4-20-40(51)41-21-5-12-29-52(41)67)63(62)69-54-31-14-7-23-43(54)45-33-34-56-57(60(45)69)46-24-8-15-32-55(46)70-56/h2-34H,1H3/i2D,3D,4D,5D,6D,9D,10D,11D,12D,13D,16D,17D,18D,19D,20D,21D,22D,25D,26D,27D,28D,29D,30D. The van der Waals surface area contributed by atoms with Crippen LogP contribution in [-0.2, 0) is 0 Å². The lowest BCUT2D eigenvalue weighted by molar-refractivity contribution is 0.669. The van der Waals surface area contributed by atoms with Gasteiger partial charge in [0.05, 0.1) is 104 Å². The van der Waals surface area contributed by atoms with Gasteiger partial charge in [-0.1, -0.05) is 145 Å². The quantitative estimate of drug-likeness (QED) is 0.176. The molecule has 0 unspecified atom stereocenters. The molecule has 0 atom stereocenters. The van der Waals surface area contributed by atoms with Gasteiger partial charge in [0.15, 0.2) is 0 Å². The molecule has 0 aliphatic carbocycles. The lowest BCUT2D eigenvalue weighted by atomic mass is 9.98. The number of fused-ring (bicyclic) bond motifs is 16. The fourth-order valence-electron chi connectivity index (χ4n) is 10.5. The molecular formula is C63H36N6O. The van der Waals surface area contributed by atoms with Crippen molar-refractivity contribution in [3.8, 4) is 34.9 Å². The SMILES string of the molecule is [2H]c1c([2H])c([2H])c2c(c1[2H])c1c([2H])c([2H])c([2H])c([2H])c1n2-c1c(C#N)c(-n2c3c([2H])c([2H])c([2H])c([2H])c3c3c([2H])c([2H])c([2H])c([2H])c32)c(-n2c3ccccc3c3ccc4oc5ccccc5c4c32)c(-n2c3c([2H])c([2H])c([2H])c([2H])c3c3c([2H])c([2H])c([2H])c(C)c32)c1C#N. The van der Waals surface area contributed by atoms with Crippen LogP contribution in [0.1, 0.15) is 48.2 Å². The Morgan fingerprint density at radius 1 is 0.371 bits per heavy atom. The highest BCUT2D eigenvalue weighted by Crippen LogP contribution is 2.50. The van der Waals surface area contributed by atoms with E-state index in [1.54, 1.807) is 60.7 Å². The van der Waals surface area contributed by atoms with Gasteiger partial charge in [0.2, 0.25) is 0 Å². The van der Waals surface area contributed by atoms with Crippen LogP contribution >= 0.6 is 0 Å². The molecule has 5 heterocycles. The Hall–Kier alpha value is -9.82. The molecule has 0 saturated heterocycles. The highest BCUT2D eigenvalue weighted by Gasteiger charge is 2.35. The maximum Gasteiger partial charge on any atom is 0.137 e. The average molecular weight is 916 g/mol. The van der Waals surface area contributed by atoms with E-state index < -0.39 is 227 Å². The summed E-state index contributed by atoms with van der Waals surface area (Å²) in [6, 6.07) is 1.72. The van der Waals surface area contributed by atoms with Crippen LogP contribution < -0.4 is 0 Å². The molecular weight excluding hydrogens is 857 g/mol. The molecule has 5 aromatic heterocycles. The lowest BCUT2D eigenvalue weighted by Gasteiger charge is -2.27. The van der Waals surface area contributed by atoms with Crippen LogP contribution in [0.4, 0.5) is 0 Å². The summed E-state index contributed by atoms with van der Waals surface area (Å²) >= 11 is 0. The van der Waals surface area contributed by atoms with Gasteiger partial charge < -0.3 is 22.7 Å². The maximum atomic E-state index is 12.8. The van der Waals surface area contributed by atoms with Gasteiger partial charge in [-0.15, -0.1) is 0 Å². The molecule has 0 spiro atoms. The van der Waals surface area contributed by atoms with Crippen molar-refractivity contribution >= 4 is 109 Å². The first-order valence-electron chi connectivity index (χ1n) is 33.1. The van der Waals surface area contributed by atoms with Crippen molar-refractivity contribution in [2.24, 2.45) is 0 Å². The molecule has 7 nitrogen and oxygen atoms in total. The molecule has 10 aromatic carbocycles. The number of hydrogen-bond acceptors (Lipinski definition) is 3. The summed E-state index contributed by atoms with van der Waals surface area (Å²) < 4.78 is 228. The van der Waals surface area contributed by atoms with Gasteiger partial charge >= 0.3 is 0 Å². The minimum Gasteiger partial charge on any atom is -0.456 e. The molecule has 15 rings (SSSR count). The van der Waals surface area contributed by atoms with E-state index >= 15 is 0 Å². The van der Waals surface area contributed by atoms with Crippen molar-refractivity contribution in [3.05, 3.63) is 216 Å². The number of benzene rings is 10. The molecule has 0 bridgehead atoms. The van der Waals surface area contributed by atoms with Crippen LogP contribution in [-0.4, -0.2) is 18.3 Å². The fraction of sp³-hybridized carbons (Fsp3) is 0.0159. The first-order valence-corrected chi connectivity index (χ1v) is 21.6. The molecule has 0 aliphatic rings. The van der Waals surface area contributed by atoms with E-state index in [0.717, 1.165) is 13.7 Å². The third-order valence-electron chi connectivity index (χ3n) is 13.1. The molecule has 70 heavy (non-hydrogen) atoms. The Morgan fingerprint density at radius 3 is 1.41 bits per heavy atom. The van der Waals surface area contributed by atoms with Crippen LogP contribution in [0.25, 0.3) is 132 Å². The number of para-hydroxylation sites is 8. The summed E-state index contributed by atoms with van der Waals surface area (Å²) in [4.78, 5) is 0. The number of rotatable bonds is 4. The number of furan rings is 1. The van der Waals surface area contributed by atoms with Crippen molar-refractivity contribution in [1.82, 2.24) is 18.3 Å². The molecule has 0 aliphatic heterocycles. The maximum absolute atomic E-state index is 12.8.